The number of carboxylic acids is 1. The summed E-state index contributed by atoms with van der Waals surface area (Å²) in [5.41, 5.74) is -0.894. The normalized spacial score (nSPS) is 38.2. The molecule has 5 heteroatoms. The second kappa shape index (κ2) is 2.70. The van der Waals surface area contributed by atoms with Gasteiger partial charge in [-0.25, -0.2) is 0 Å². The van der Waals surface area contributed by atoms with E-state index in [-0.39, 0.29) is 18.4 Å². The Bertz CT molecular complexity index is 266. The largest absolute Gasteiger partial charge is 0.481 e. The van der Waals surface area contributed by atoms with Gasteiger partial charge < -0.3 is 15.7 Å². The van der Waals surface area contributed by atoms with Gasteiger partial charge in [0.2, 0.25) is 5.91 Å². The van der Waals surface area contributed by atoms with Crippen LogP contribution in [0.1, 0.15) is 12.8 Å². The number of carbonyl (C=O) groups excluding carboxylic acids is 1. The third-order valence-corrected chi connectivity index (χ3v) is 2.95. The molecule has 0 aromatic heterocycles. The van der Waals surface area contributed by atoms with Gasteiger partial charge in [-0.1, -0.05) is 0 Å². The van der Waals surface area contributed by atoms with E-state index in [1.807, 2.05) is 0 Å². The summed E-state index contributed by atoms with van der Waals surface area (Å²) in [4.78, 5) is 22.2. The molecule has 13 heavy (non-hydrogen) atoms. The monoisotopic (exact) mass is 184 g/mol. The SMILES string of the molecule is O=C1CC2(C(=O)O)CNCCC2N1. The average molecular weight is 184 g/mol. The molecule has 2 heterocycles. The molecule has 2 unspecified atom stereocenters. The van der Waals surface area contributed by atoms with Crippen LogP contribution in [0.2, 0.25) is 0 Å². The minimum absolute atomic E-state index is 0.111. The van der Waals surface area contributed by atoms with E-state index in [9.17, 15) is 9.59 Å². The number of carbonyl (C=O) groups is 2. The van der Waals surface area contributed by atoms with Crippen LogP contribution in [0.25, 0.3) is 0 Å². The highest BCUT2D eigenvalue weighted by Crippen LogP contribution is 2.35. The number of rotatable bonds is 1. The van der Waals surface area contributed by atoms with Crippen molar-refractivity contribution in [3.8, 4) is 0 Å². The summed E-state index contributed by atoms with van der Waals surface area (Å²) in [5, 5.41) is 14.8. The molecule has 2 fully saturated rings. The number of piperidine rings is 1. The molecule has 0 spiro atoms. The predicted octanol–water partition coefficient (Wildman–Crippen LogP) is -1.06. The third-order valence-electron chi connectivity index (χ3n) is 2.95. The second-order valence-electron chi connectivity index (χ2n) is 3.72. The number of aliphatic carboxylic acids is 1. The highest BCUT2D eigenvalue weighted by molar-refractivity contribution is 5.90. The Balaban J connectivity index is 2.29. The molecule has 0 aliphatic carbocycles. The smallest absolute Gasteiger partial charge is 0.313 e. The lowest BCUT2D eigenvalue weighted by Gasteiger charge is -2.34. The fourth-order valence-electron chi connectivity index (χ4n) is 2.19. The van der Waals surface area contributed by atoms with Crippen LogP contribution in [0.4, 0.5) is 0 Å². The van der Waals surface area contributed by atoms with E-state index in [0.717, 1.165) is 6.54 Å². The van der Waals surface area contributed by atoms with Crippen molar-refractivity contribution < 1.29 is 14.7 Å². The van der Waals surface area contributed by atoms with Gasteiger partial charge in [-0.2, -0.15) is 0 Å². The van der Waals surface area contributed by atoms with Crippen molar-refractivity contribution in [1.82, 2.24) is 10.6 Å². The number of amides is 1. The van der Waals surface area contributed by atoms with Crippen molar-refractivity contribution in [1.29, 1.82) is 0 Å². The quantitative estimate of drug-likeness (QED) is 0.485. The predicted molar refractivity (Wildman–Crippen MR) is 44.1 cm³/mol. The van der Waals surface area contributed by atoms with E-state index in [0.29, 0.717) is 13.0 Å². The van der Waals surface area contributed by atoms with Crippen LogP contribution in [0.15, 0.2) is 0 Å². The van der Waals surface area contributed by atoms with Gasteiger partial charge in [0.1, 0.15) is 5.41 Å². The molecule has 72 valence electrons. The molecule has 2 rings (SSSR count). The van der Waals surface area contributed by atoms with Crippen LogP contribution in [0, 0.1) is 5.41 Å². The van der Waals surface area contributed by atoms with Crippen LogP contribution in [0.5, 0.6) is 0 Å². The van der Waals surface area contributed by atoms with E-state index < -0.39 is 11.4 Å². The molecule has 0 radical (unpaired) electrons. The molecule has 0 aromatic rings. The van der Waals surface area contributed by atoms with Crippen molar-refractivity contribution in [2.45, 2.75) is 18.9 Å². The first kappa shape index (κ1) is 8.50. The first-order valence-corrected chi connectivity index (χ1v) is 4.39. The molecule has 0 bridgehead atoms. The second-order valence-corrected chi connectivity index (χ2v) is 3.72. The standard InChI is InChI=1S/C8H12N2O3/c11-6-3-8(7(12)13)4-9-2-1-5(8)10-6/h5,9H,1-4H2,(H,10,11)(H,12,13). The number of hydrogen-bond donors (Lipinski definition) is 3. The average Bonchev–Trinajstić information content (AvgIpc) is 2.41. The Morgan fingerprint density at radius 1 is 1.62 bits per heavy atom. The minimum atomic E-state index is -0.894. The van der Waals surface area contributed by atoms with Gasteiger partial charge in [-0.3, -0.25) is 9.59 Å². The number of nitrogens with one attached hydrogen (secondary N) is 2. The fraction of sp³-hybridized carbons (Fsp3) is 0.750. The van der Waals surface area contributed by atoms with Crippen LogP contribution in [-0.2, 0) is 9.59 Å². The summed E-state index contributed by atoms with van der Waals surface area (Å²) < 4.78 is 0. The molecule has 2 aliphatic rings. The maximum absolute atomic E-state index is 11.1. The molecule has 2 saturated heterocycles. The topological polar surface area (TPSA) is 78.4 Å². The lowest BCUT2D eigenvalue weighted by Crippen LogP contribution is -2.54. The first-order valence-electron chi connectivity index (χ1n) is 4.39. The van der Waals surface area contributed by atoms with Gasteiger partial charge in [0.05, 0.1) is 0 Å². The van der Waals surface area contributed by atoms with Crippen molar-refractivity contribution in [3.63, 3.8) is 0 Å². The molecule has 2 atom stereocenters. The summed E-state index contributed by atoms with van der Waals surface area (Å²) in [6.07, 6.45) is 0.818. The molecule has 0 aromatic carbocycles. The Morgan fingerprint density at radius 2 is 2.38 bits per heavy atom. The lowest BCUT2D eigenvalue weighted by atomic mass is 9.77. The Morgan fingerprint density at radius 3 is 3.00 bits per heavy atom. The molecule has 1 amide bonds. The van der Waals surface area contributed by atoms with Crippen molar-refractivity contribution in [2.75, 3.05) is 13.1 Å². The molecule has 2 aliphatic heterocycles. The van der Waals surface area contributed by atoms with E-state index in [2.05, 4.69) is 10.6 Å². The molecule has 3 N–H and O–H groups in total. The minimum Gasteiger partial charge on any atom is -0.481 e. The van der Waals surface area contributed by atoms with Crippen LogP contribution in [-0.4, -0.2) is 36.1 Å². The van der Waals surface area contributed by atoms with Crippen LogP contribution < -0.4 is 10.6 Å². The van der Waals surface area contributed by atoms with Crippen molar-refractivity contribution in [2.24, 2.45) is 5.41 Å². The Labute approximate surface area is 75.5 Å². The van der Waals surface area contributed by atoms with E-state index in [1.165, 1.54) is 0 Å². The lowest BCUT2D eigenvalue weighted by molar-refractivity contribution is -0.150. The summed E-state index contributed by atoms with van der Waals surface area (Å²) >= 11 is 0. The van der Waals surface area contributed by atoms with Crippen molar-refractivity contribution >= 4 is 11.9 Å². The van der Waals surface area contributed by atoms with Crippen LogP contribution >= 0.6 is 0 Å². The van der Waals surface area contributed by atoms with Gasteiger partial charge in [-0.15, -0.1) is 0 Å². The molecule has 0 saturated carbocycles. The van der Waals surface area contributed by atoms with E-state index in [1.54, 1.807) is 0 Å². The van der Waals surface area contributed by atoms with Gasteiger partial charge >= 0.3 is 5.97 Å². The van der Waals surface area contributed by atoms with Gasteiger partial charge in [0.25, 0.3) is 0 Å². The van der Waals surface area contributed by atoms with E-state index >= 15 is 0 Å². The zero-order chi connectivity index (χ0) is 9.47. The Kier molecular flexibility index (Phi) is 1.76. The zero-order valence-corrected chi connectivity index (χ0v) is 7.17. The zero-order valence-electron chi connectivity index (χ0n) is 7.17. The fourth-order valence-corrected chi connectivity index (χ4v) is 2.19. The molecular formula is C8H12N2O3. The summed E-state index contributed by atoms with van der Waals surface area (Å²) in [6, 6.07) is -0.182. The summed E-state index contributed by atoms with van der Waals surface area (Å²) in [5.74, 6) is -1.01. The highest BCUT2D eigenvalue weighted by Gasteiger charge is 2.53. The Hall–Kier alpha value is -1.10. The highest BCUT2D eigenvalue weighted by atomic mass is 16.4. The molecular weight excluding hydrogens is 172 g/mol. The maximum Gasteiger partial charge on any atom is 0.313 e. The van der Waals surface area contributed by atoms with Gasteiger partial charge in [-0.05, 0) is 13.0 Å². The maximum atomic E-state index is 11.1. The van der Waals surface area contributed by atoms with Gasteiger partial charge in [0, 0.05) is 19.0 Å². The van der Waals surface area contributed by atoms with Crippen LogP contribution in [0.3, 0.4) is 0 Å². The molecule has 5 nitrogen and oxygen atoms in total. The number of fused-ring (bicyclic) bond motifs is 1. The first-order chi connectivity index (χ1) is 6.15. The van der Waals surface area contributed by atoms with E-state index in [4.69, 9.17) is 5.11 Å². The number of hydrogen-bond acceptors (Lipinski definition) is 3. The van der Waals surface area contributed by atoms with Crippen molar-refractivity contribution in [3.05, 3.63) is 0 Å². The third kappa shape index (κ3) is 1.11. The summed E-state index contributed by atoms with van der Waals surface area (Å²) in [6.45, 7) is 1.17. The van der Waals surface area contributed by atoms with Gasteiger partial charge in [0.15, 0.2) is 0 Å². The summed E-state index contributed by atoms with van der Waals surface area (Å²) in [7, 11) is 0. The number of carboxylic acid groups (broad SMARTS) is 1.